The minimum Gasteiger partial charge on any atom is -0.503 e. The van der Waals surface area contributed by atoms with Crippen molar-refractivity contribution in [2.75, 3.05) is 12.0 Å². The fraction of sp³-hybridized carbons (Fsp3) is 0.100. The molecule has 7 heteroatoms. The van der Waals surface area contributed by atoms with E-state index in [0.29, 0.717) is 22.1 Å². The van der Waals surface area contributed by atoms with Crippen LogP contribution in [0.1, 0.15) is 21.5 Å². The lowest BCUT2D eigenvalue weighted by Gasteiger charge is -2.25. The Morgan fingerprint density at radius 1 is 1.22 bits per heavy atom. The van der Waals surface area contributed by atoms with Crippen LogP contribution in [0.15, 0.2) is 75.9 Å². The van der Waals surface area contributed by atoms with E-state index in [-0.39, 0.29) is 5.57 Å². The summed E-state index contributed by atoms with van der Waals surface area (Å²) in [5, 5.41) is 12.3. The van der Waals surface area contributed by atoms with E-state index in [2.05, 4.69) is 0 Å². The van der Waals surface area contributed by atoms with Gasteiger partial charge >= 0.3 is 0 Å². The van der Waals surface area contributed by atoms with Crippen molar-refractivity contribution in [1.29, 1.82) is 0 Å². The second-order valence-corrected chi connectivity index (χ2v) is 6.81. The number of hydrogen-bond acceptors (Lipinski definition) is 6. The molecule has 1 N–H and O–H groups in total. The van der Waals surface area contributed by atoms with Crippen molar-refractivity contribution in [3.8, 4) is 5.75 Å². The first kappa shape index (κ1) is 17.1. The predicted octanol–water partition coefficient (Wildman–Crippen LogP) is 4.13. The Morgan fingerprint density at radius 3 is 2.74 bits per heavy atom. The molecule has 0 saturated carbocycles. The van der Waals surface area contributed by atoms with Gasteiger partial charge in [-0.05, 0) is 35.7 Å². The van der Waals surface area contributed by atoms with E-state index in [4.69, 9.17) is 9.15 Å². The van der Waals surface area contributed by atoms with Crippen LogP contribution in [0, 0.1) is 0 Å². The first-order chi connectivity index (χ1) is 13.1. The molecular formula is C20H15NO5S. The SMILES string of the molecule is COc1cccc(N2C(=O)C(O)=C(C(=O)c3cccs3)C2c2ccco2)c1. The summed E-state index contributed by atoms with van der Waals surface area (Å²) in [7, 11) is 1.52. The summed E-state index contributed by atoms with van der Waals surface area (Å²) in [5.74, 6) is -0.698. The number of rotatable bonds is 5. The lowest BCUT2D eigenvalue weighted by Crippen LogP contribution is -2.30. The second-order valence-electron chi connectivity index (χ2n) is 5.86. The van der Waals surface area contributed by atoms with Gasteiger partial charge in [0.05, 0.1) is 23.8 Å². The van der Waals surface area contributed by atoms with Crippen LogP contribution in [0.5, 0.6) is 5.75 Å². The van der Waals surface area contributed by atoms with E-state index in [9.17, 15) is 14.7 Å². The number of nitrogens with zero attached hydrogens (tertiary/aromatic N) is 1. The molecule has 2 aromatic heterocycles. The number of ketones is 1. The number of benzene rings is 1. The fourth-order valence-electron chi connectivity index (χ4n) is 3.12. The summed E-state index contributed by atoms with van der Waals surface area (Å²) in [4.78, 5) is 27.7. The van der Waals surface area contributed by atoms with Crippen LogP contribution >= 0.6 is 11.3 Å². The van der Waals surface area contributed by atoms with Gasteiger partial charge in [-0.3, -0.25) is 14.5 Å². The maximum atomic E-state index is 13.0. The molecule has 0 radical (unpaired) electrons. The van der Waals surface area contributed by atoms with Crippen LogP contribution in [0.2, 0.25) is 0 Å². The number of ether oxygens (including phenoxy) is 1. The highest BCUT2D eigenvalue weighted by molar-refractivity contribution is 7.12. The van der Waals surface area contributed by atoms with Crippen molar-refractivity contribution < 1.29 is 23.8 Å². The molecule has 6 nitrogen and oxygen atoms in total. The van der Waals surface area contributed by atoms with Crippen molar-refractivity contribution >= 4 is 28.7 Å². The molecule has 0 saturated heterocycles. The van der Waals surface area contributed by atoms with E-state index < -0.39 is 23.5 Å². The molecule has 1 aliphatic heterocycles. The molecule has 1 unspecified atom stereocenters. The van der Waals surface area contributed by atoms with Crippen LogP contribution in [0.4, 0.5) is 5.69 Å². The van der Waals surface area contributed by atoms with Gasteiger partial charge in [-0.1, -0.05) is 12.1 Å². The average Bonchev–Trinajstić information content (AvgIpc) is 3.43. The van der Waals surface area contributed by atoms with Crippen molar-refractivity contribution in [3.05, 3.63) is 82.1 Å². The second kappa shape index (κ2) is 6.77. The van der Waals surface area contributed by atoms with Gasteiger partial charge < -0.3 is 14.3 Å². The number of Topliss-reactive ketones (excluding diaryl/α,β-unsaturated/α-hetero) is 1. The van der Waals surface area contributed by atoms with Crippen molar-refractivity contribution in [2.24, 2.45) is 0 Å². The fourth-order valence-corrected chi connectivity index (χ4v) is 3.80. The van der Waals surface area contributed by atoms with Gasteiger partial charge in [-0.15, -0.1) is 11.3 Å². The van der Waals surface area contributed by atoms with E-state index in [1.165, 1.54) is 29.6 Å². The Morgan fingerprint density at radius 2 is 2.07 bits per heavy atom. The lowest BCUT2D eigenvalue weighted by atomic mass is 10.00. The van der Waals surface area contributed by atoms with Gasteiger partial charge in [0.2, 0.25) is 5.78 Å². The zero-order chi connectivity index (χ0) is 19.0. The molecule has 1 atom stereocenters. The van der Waals surface area contributed by atoms with Crippen molar-refractivity contribution in [3.63, 3.8) is 0 Å². The minimum absolute atomic E-state index is 0.000204. The number of amides is 1. The first-order valence-corrected chi connectivity index (χ1v) is 9.02. The van der Waals surface area contributed by atoms with Crippen LogP contribution < -0.4 is 9.64 Å². The standard InChI is InChI=1S/C20H15NO5S/c1-25-13-6-2-5-12(11-13)21-17(14-7-3-9-26-14)16(19(23)20(21)24)18(22)15-8-4-10-27-15/h2-11,17,23H,1H3. The Hall–Kier alpha value is -3.32. The number of carbonyl (C=O) groups excluding carboxylic acids is 2. The Balaban J connectivity index is 1.86. The molecule has 1 aromatic carbocycles. The molecule has 0 aliphatic carbocycles. The van der Waals surface area contributed by atoms with Crippen molar-refractivity contribution in [1.82, 2.24) is 0 Å². The molecule has 3 aromatic rings. The summed E-state index contributed by atoms with van der Waals surface area (Å²) >= 11 is 1.25. The first-order valence-electron chi connectivity index (χ1n) is 8.14. The third-order valence-electron chi connectivity index (χ3n) is 4.34. The smallest absolute Gasteiger partial charge is 0.294 e. The Labute approximate surface area is 158 Å². The number of methoxy groups -OCH3 is 1. The molecule has 0 fully saturated rings. The molecular weight excluding hydrogens is 366 g/mol. The molecule has 0 spiro atoms. The molecule has 4 rings (SSSR count). The van der Waals surface area contributed by atoms with Gasteiger partial charge in [0, 0.05) is 11.8 Å². The third kappa shape index (κ3) is 2.82. The highest BCUT2D eigenvalue weighted by Crippen LogP contribution is 2.42. The number of anilines is 1. The van der Waals surface area contributed by atoms with Crippen LogP contribution in [0.25, 0.3) is 0 Å². The maximum absolute atomic E-state index is 13.0. The van der Waals surface area contributed by atoms with Gasteiger partial charge in [0.25, 0.3) is 5.91 Å². The van der Waals surface area contributed by atoms with E-state index in [0.717, 1.165) is 0 Å². The summed E-state index contributed by atoms with van der Waals surface area (Å²) in [6.07, 6.45) is 1.46. The Kier molecular flexibility index (Phi) is 4.29. The molecule has 136 valence electrons. The van der Waals surface area contributed by atoms with Gasteiger partial charge in [-0.25, -0.2) is 0 Å². The van der Waals surface area contributed by atoms with E-state index >= 15 is 0 Å². The number of carbonyl (C=O) groups is 2. The minimum atomic E-state index is -0.866. The summed E-state index contributed by atoms with van der Waals surface area (Å²) in [6, 6.07) is 12.7. The molecule has 27 heavy (non-hydrogen) atoms. The topological polar surface area (TPSA) is 80.0 Å². The van der Waals surface area contributed by atoms with Gasteiger partial charge in [-0.2, -0.15) is 0 Å². The number of hydrogen-bond donors (Lipinski definition) is 1. The maximum Gasteiger partial charge on any atom is 0.294 e. The lowest BCUT2D eigenvalue weighted by molar-refractivity contribution is -0.117. The van der Waals surface area contributed by atoms with Gasteiger partial charge in [0.15, 0.2) is 5.76 Å². The zero-order valence-corrected chi connectivity index (χ0v) is 15.1. The normalized spacial score (nSPS) is 16.9. The van der Waals surface area contributed by atoms with Crippen molar-refractivity contribution in [2.45, 2.75) is 6.04 Å². The monoisotopic (exact) mass is 381 g/mol. The molecule has 1 amide bonds. The largest absolute Gasteiger partial charge is 0.503 e. The highest BCUT2D eigenvalue weighted by Gasteiger charge is 2.46. The van der Waals surface area contributed by atoms with Gasteiger partial charge in [0.1, 0.15) is 17.6 Å². The third-order valence-corrected chi connectivity index (χ3v) is 5.21. The van der Waals surface area contributed by atoms with E-state index in [1.807, 2.05) is 0 Å². The number of thiophene rings is 1. The molecule has 0 bridgehead atoms. The van der Waals surface area contributed by atoms with Crippen LogP contribution in [0.3, 0.4) is 0 Å². The zero-order valence-electron chi connectivity index (χ0n) is 14.3. The number of aliphatic hydroxyl groups is 1. The van der Waals surface area contributed by atoms with E-state index in [1.54, 1.807) is 53.9 Å². The van der Waals surface area contributed by atoms with Crippen LogP contribution in [-0.2, 0) is 4.79 Å². The quantitative estimate of drug-likeness (QED) is 0.672. The summed E-state index contributed by atoms with van der Waals surface area (Å²) in [5.41, 5.74) is 0.487. The number of furan rings is 1. The Bertz CT molecular complexity index is 1020. The highest BCUT2D eigenvalue weighted by atomic mass is 32.1. The molecule has 1 aliphatic rings. The summed E-state index contributed by atoms with van der Waals surface area (Å²) < 4.78 is 10.7. The number of aliphatic hydroxyl groups excluding tert-OH is 1. The van der Waals surface area contributed by atoms with Crippen LogP contribution in [-0.4, -0.2) is 23.9 Å². The molecule has 3 heterocycles. The summed E-state index contributed by atoms with van der Waals surface area (Å²) in [6.45, 7) is 0. The average molecular weight is 381 g/mol. The predicted molar refractivity (Wildman–Crippen MR) is 100 cm³/mol.